The number of non-ortho nitro benzene ring substituents is 1. The van der Waals surface area contributed by atoms with Gasteiger partial charge < -0.3 is 62.2 Å². The van der Waals surface area contributed by atoms with Crippen LogP contribution in [-0.2, 0) is 71.1 Å². The molecule has 2 aromatic rings. The molecule has 2 aromatic carbocycles. The number of nitrogens with one attached hydrogen (secondary N) is 1. The van der Waals surface area contributed by atoms with Crippen molar-refractivity contribution in [2.45, 2.75) is 4.90 Å². The summed E-state index contributed by atoms with van der Waals surface area (Å²) in [6.45, 7) is 9.78. The van der Waals surface area contributed by atoms with Crippen molar-refractivity contribution in [3.8, 4) is 0 Å². The molecule has 0 unspecified atom stereocenters. The fourth-order valence-corrected chi connectivity index (χ4v) is 5.48. The molecule has 23 heteroatoms. The molecule has 0 saturated carbocycles. The summed E-state index contributed by atoms with van der Waals surface area (Å²) in [4.78, 5) is 20.7. The van der Waals surface area contributed by atoms with E-state index < -0.39 is 20.0 Å². The average Bonchev–Trinajstić information content (AvgIpc) is 3.25. The maximum Gasteiger partial charge on any atom is 0.299 e. The highest BCUT2D eigenvalue weighted by Gasteiger charge is 2.19. The van der Waals surface area contributed by atoms with E-state index in [0.717, 1.165) is 6.07 Å². The van der Waals surface area contributed by atoms with Gasteiger partial charge in [0, 0.05) is 12.6 Å². The maximum absolute atomic E-state index is 12.0. The summed E-state index contributed by atoms with van der Waals surface area (Å²) >= 11 is 0. The minimum absolute atomic E-state index is 0.0726. The van der Waals surface area contributed by atoms with Crippen molar-refractivity contribution in [2.75, 3.05) is 177 Å². The van der Waals surface area contributed by atoms with Crippen molar-refractivity contribution in [3.63, 3.8) is 0 Å². The Bertz CT molecular complexity index is 1500. The quantitative estimate of drug-likeness (QED) is 0.0434. The molecule has 0 bridgehead atoms. The number of anilines is 1. The van der Waals surface area contributed by atoms with E-state index in [0.29, 0.717) is 145 Å². The Morgan fingerprint density at radius 3 is 1.08 bits per heavy atom. The first-order valence-electron chi connectivity index (χ1n) is 19.9. The minimum Gasteiger partial charge on any atom is -0.377 e. The molecule has 0 atom stereocenters. The summed E-state index contributed by atoms with van der Waals surface area (Å²) in [6.07, 6.45) is 0. The van der Waals surface area contributed by atoms with Gasteiger partial charge in [-0.2, -0.15) is 8.42 Å². The van der Waals surface area contributed by atoms with Crippen LogP contribution in [0.15, 0.2) is 53.4 Å². The van der Waals surface area contributed by atoms with Gasteiger partial charge in [-0.3, -0.25) is 24.4 Å². The molecular weight excluding hydrogens is 834 g/mol. The number of nitro benzene ring substituents is 2. The van der Waals surface area contributed by atoms with Crippen LogP contribution in [0.3, 0.4) is 0 Å². The third kappa shape index (κ3) is 29.4. The van der Waals surface area contributed by atoms with E-state index in [1.165, 1.54) is 24.3 Å². The zero-order chi connectivity index (χ0) is 43.9. The number of ether oxygens (including phenoxy) is 12. The van der Waals surface area contributed by atoms with Crippen molar-refractivity contribution in [2.24, 2.45) is 0 Å². The molecule has 0 radical (unpaired) electrons. The SMILES string of the molecule is O=[N+]([O-])c1ccc(NCCOCCOCCOCCOCCOCCOCCOCCOCCOCCOCCOCCOCCOS(=O)(=O)c2ccccc2)c([N+](=O)[O-])c1. The molecule has 0 aliphatic carbocycles. The molecular formula is C38H61N3O19S. The number of nitro groups is 2. The highest BCUT2D eigenvalue weighted by atomic mass is 32.2. The summed E-state index contributed by atoms with van der Waals surface area (Å²) in [5.74, 6) is 0. The van der Waals surface area contributed by atoms with Gasteiger partial charge in [-0.15, -0.1) is 0 Å². The Balaban J connectivity index is 1.18. The Morgan fingerprint density at radius 1 is 0.426 bits per heavy atom. The lowest BCUT2D eigenvalue weighted by molar-refractivity contribution is -0.393. The van der Waals surface area contributed by atoms with Gasteiger partial charge in [-0.25, -0.2) is 0 Å². The van der Waals surface area contributed by atoms with Gasteiger partial charge in [-0.05, 0) is 18.2 Å². The average molecular weight is 896 g/mol. The Kier molecular flexibility index (Phi) is 32.6. The molecule has 0 fully saturated rings. The van der Waals surface area contributed by atoms with Crippen LogP contribution >= 0.6 is 0 Å². The van der Waals surface area contributed by atoms with Crippen molar-refractivity contribution in [1.82, 2.24) is 0 Å². The lowest BCUT2D eigenvalue weighted by Crippen LogP contribution is -2.16. The molecule has 0 heterocycles. The van der Waals surface area contributed by atoms with Crippen LogP contribution in [0, 0.1) is 20.2 Å². The van der Waals surface area contributed by atoms with Gasteiger partial charge in [0.05, 0.1) is 186 Å². The second kappa shape index (κ2) is 37.1. The van der Waals surface area contributed by atoms with E-state index in [4.69, 9.17) is 61.0 Å². The van der Waals surface area contributed by atoms with Crippen LogP contribution < -0.4 is 5.32 Å². The fourth-order valence-electron chi connectivity index (χ4n) is 4.57. The van der Waals surface area contributed by atoms with Crippen LogP contribution in [0.1, 0.15) is 0 Å². The van der Waals surface area contributed by atoms with Gasteiger partial charge in [0.15, 0.2) is 0 Å². The standard InChI is InChI=1S/C38H61N3O19S/c42-40(43)35-6-7-37(38(34-35)41(44)45)39-8-9-48-10-11-49-12-13-50-14-15-51-16-17-52-18-19-53-20-21-54-22-23-55-24-25-56-26-27-57-28-29-58-30-31-59-32-33-60-61(46,47)36-4-2-1-3-5-36/h1-7,34,39H,8-33H2. The van der Waals surface area contributed by atoms with Crippen molar-refractivity contribution >= 4 is 27.2 Å². The molecule has 0 amide bonds. The lowest BCUT2D eigenvalue weighted by Gasteiger charge is -2.09. The van der Waals surface area contributed by atoms with Crippen LogP contribution in [-0.4, -0.2) is 190 Å². The first-order chi connectivity index (χ1) is 29.8. The smallest absolute Gasteiger partial charge is 0.299 e. The first-order valence-corrected chi connectivity index (χ1v) is 21.3. The van der Waals surface area contributed by atoms with Gasteiger partial charge in [0.25, 0.3) is 21.5 Å². The van der Waals surface area contributed by atoms with Gasteiger partial charge >= 0.3 is 0 Å². The maximum atomic E-state index is 12.0. The summed E-state index contributed by atoms with van der Waals surface area (Å²) in [5, 5.41) is 24.8. The summed E-state index contributed by atoms with van der Waals surface area (Å²) < 4.78 is 94.2. The van der Waals surface area contributed by atoms with Crippen LogP contribution in [0.25, 0.3) is 0 Å². The minimum atomic E-state index is -3.77. The third-order valence-electron chi connectivity index (χ3n) is 7.54. The number of hydrogen-bond donors (Lipinski definition) is 1. The topological polar surface area (TPSA) is 252 Å². The zero-order valence-corrected chi connectivity index (χ0v) is 35.4. The number of nitrogens with zero attached hydrogens (tertiary/aromatic N) is 2. The predicted octanol–water partition coefficient (Wildman–Crippen LogP) is 2.52. The molecule has 61 heavy (non-hydrogen) atoms. The van der Waals surface area contributed by atoms with Gasteiger partial charge in [0.2, 0.25) is 0 Å². The predicted molar refractivity (Wildman–Crippen MR) is 218 cm³/mol. The number of rotatable bonds is 44. The van der Waals surface area contributed by atoms with E-state index in [9.17, 15) is 28.6 Å². The summed E-state index contributed by atoms with van der Waals surface area (Å²) in [5.41, 5.74) is -0.547. The lowest BCUT2D eigenvalue weighted by atomic mass is 10.2. The molecule has 0 spiro atoms. The second-order valence-electron chi connectivity index (χ2n) is 12.1. The molecule has 22 nitrogen and oxygen atoms in total. The van der Waals surface area contributed by atoms with E-state index >= 15 is 0 Å². The van der Waals surface area contributed by atoms with Crippen molar-refractivity contribution in [3.05, 3.63) is 68.8 Å². The molecule has 2 rings (SSSR count). The van der Waals surface area contributed by atoms with Crippen molar-refractivity contribution in [1.29, 1.82) is 0 Å². The van der Waals surface area contributed by atoms with Crippen LogP contribution in [0.2, 0.25) is 0 Å². The monoisotopic (exact) mass is 895 g/mol. The molecule has 0 aliphatic heterocycles. The van der Waals surface area contributed by atoms with Gasteiger partial charge in [0.1, 0.15) is 5.69 Å². The van der Waals surface area contributed by atoms with Crippen molar-refractivity contribution < 1.29 is 79.3 Å². The number of benzene rings is 2. The largest absolute Gasteiger partial charge is 0.377 e. The highest BCUT2D eigenvalue weighted by Crippen LogP contribution is 2.28. The molecule has 0 aromatic heterocycles. The Morgan fingerprint density at radius 2 is 0.754 bits per heavy atom. The Labute approximate surface area is 356 Å². The molecule has 1 N–H and O–H groups in total. The summed E-state index contributed by atoms with van der Waals surface area (Å²) in [7, 11) is -3.77. The van der Waals surface area contributed by atoms with Gasteiger partial charge in [-0.1, -0.05) is 18.2 Å². The van der Waals surface area contributed by atoms with Crippen LogP contribution in [0.5, 0.6) is 0 Å². The molecule has 348 valence electrons. The highest BCUT2D eigenvalue weighted by molar-refractivity contribution is 7.86. The van der Waals surface area contributed by atoms with E-state index in [-0.39, 0.29) is 48.3 Å². The zero-order valence-electron chi connectivity index (χ0n) is 34.6. The van der Waals surface area contributed by atoms with E-state index in [1.807, 2.05) is 0 Å². The normalized spacial score (nSPS) is 11.6. The first kappa shape index (κ1) is 53.6. The van der Waals surface area contributed by atoms with Crippen LogP contribution in [0.4, 0.5) is 17.1 Å². The summed E-state index contributed by atoms with van der Waals surface area (Å²) in [6, 6.07) is 11.3. The number of hydrogen-bond acceptors (Lipinski definition) is 20. The van der Waals surface area contributed by atoms with E-state index in [2.05, 4.69) is 5.32 Å². The third-order valence-corrected chi connectivity index (χ3v) is 8.87. The Hall–Kier alpha value is -3.53. The molecule has 0 aliphatic rings. The second-order valence-corrected chi connectivity index (χ2v) is 13.7. The van der Waals surface area contributed by atoms with E-state index in [1.54, 1.807) is 18.2 Å². The molecule has 0 saturated heterocycles. The fraction of sp³-hybridized carbons (Fsp3) is 0.684.